The molecule has 0 N–H and O–H groups in total. The van der Waals surface area contributed by atoms with Gasteiger partial charge in [0, 0.05) is 18.9 Å². The Hall–Kier alpha value is -2.96. The molecule has 1 atom stereocenters. The van der Waals surface area contributed by atoms with Gasteiger partial charge in [-0.15, -0.1) is 0 Å². The first-order valence-electron chi connectivity index (χ1n) is 8.53. The highest BCUT2D eigenvalue weighted by atomic mass is 16.2. The molecule has 0 spiro atoms. The maximum atomic E-state index is 12.7. The maximum absolute atomic E-state index is 12.7. The molecule has 1 amide bonds. The number of para-hydroxylation sites is 1. The summed E-state index contributed by atoms with van der Waals surface area (Å²) < 4.78 is 1.89. The number of benzene rings is 1. The summed E-state index contributed by atoms with van der Waals surface area (Å²) in [6, 6.07) is 11.8. The molecule has 1 aromatic carbocycles. The number of carbonyl (C=O) groups excluding carboxylic acids is 1. The molecule has 1 saturated heterocycles. The number of nitrogens with zero attached hydrogens (tertiary/aromatic N) is 6. The summed E-state index contributed by atoms with van der Waals surface area (Å²) in [5.74, 6) is 0.106. The minimum atomic E-state index is 0.106. The second kappa shape index (κ2) is 6.88. The lowest BCUT2D eigenvalue weighted by molar-refractivity contribution is -0.131. The molecule has 2 aromatic heterocycles. The van der Waals surface area contributed by atoms with Gasteiger partial charge < -0.3 is 4.90 Å². The van der Waals surface area contributed by atoms with E-state index in [9.17, 15) is 4.79 Å². The standard InChI is InChI=1S/C18H20N6O/c25-18(23-11-4-8-17(23)14-22-10-5-9-19-22)12-15-13-20-24(21-15)16-6-2-1-3-7-16/h1-3,5-7,9-10,13,17H,4,8,11-12,14H2. The number of hydrogen-bond donors (Lipinski definition) is 0. The Balaban J connectivity index is 1.42. The molecular weight excluding hydrogens is 316 g/mol. The van der Waals surface area contributed by atoms with E-state index in [0.29, 0.717) is 5.69 Å². The number of aromatic nitrogens is 5. The monoisotopic (exact) mass is 336 g/mol. The molecular formula is C18H20N6O. The van der Waals surface area contributed by atoms with Crippen molar-refractivity contribution in [2.45, 2.75) is 31.8 Å². The Morgan fingerprint density at radius 3 is 2.84 bits per heavy atom. The summed E-state index contributed by atoms with van der Waals surface area (Å²) in [7, 11) is 0. The van der Waals surface area contributed by atoms with Crippen molar-refractivity contribution < 1.29 is 4.79 Å². The van der Waals surface area contributed by atoms with Gasteiger partial charge >= 0.3 is 0 Å². The van der Waals surface area contributed by atoms with Crippen molar-refractivity contribution in [3.05, 3.63) is 60.7 Å². The molecule has 3 heterocycles. The number of amides is 1. The molecule has 25 heavy (non-hydrogen) atoms. The molecule has 7 nitrogen and oxygen atoms in total. The van der Waals surface area contributed by atoms with E-state index in [0.717, 1.165) is 31.6 Å². The summed E-state index contributed by atoms with van der Waals surface area (Å²) in [4.78, 5) is 16.2. The van der Waals surface area contributed by atoms with E-state index in [1.807, 2.05) is 52.2 Å². The van der Waals surface area contributed by atoms with Crippen molar-refractivity contribution in [2.75, 3.05) is 6.54 Å². The van der Waals surface area contributed by atoms with Gasteiger partial charge in [0.2, 0.25) is 5.91 Å². The van der Waals surface area contributed by atoms with Gasteiger partial charge in [-0.25, -0.2) is 0 Å². The Morgan fingerprint density at radius 1 is 1.16 bits per heavy atom. The molecule has 3 aromatic rings. The van der Waals surface area contributed by atoms with Gasteiger partial charge in [0.25, 0.3) is 0 Å². The van der Waals surface area contributed by atoms with E-state index < -0.39 is 0 Å². The quantitative estimate of drug-likeness (QED) is 0.711. The van der Waals surface area contributed by atoms with Crippen LogP contribution in [0.3, 0.4) is 0 Å². The van der Waals surface area contributed by atoms with Gasteiger partial charge in [0.1, 0.15) is 0 Å². The van der Waals surface area contributed by atoms with E-state index in [4.69, 9.17) is 0 Å². The van der Waals surface area contributed by atoms with Crippen molar-refractivity contribution in [1.29, 1.82) is 0 Å². The van der Waals surface area contributed by atoms with Gasteiger partial charge in [0.15, 0.2) is 0 Å². The molecule has 7 heteroatoms. The predicted octanol–water partition coefficient (Wildman–Crippen LogP) is 1.70. The van der Waals surface area contributed by atoms with E-state index >= 15 is 0 Å². The minimum absolute atomic E-state index is 0.106. The Labute approximate surface area is 145 Å². The van der Waals surface area contributed by atoms with Crippen LogP contribution in [0.25, 0.3) is 5.69 Å². The topological polar surface area (TPSA) is 68.8 Å². The van der Waals surface area contributed by atoms with Gasteiger partial charge in [-0.1, -0.05) is 18.2 Å². The summed E-state index contributed by atoms with van der Waals surface area (Å²) >= 11 is 0. The first kappa shape index (κ1) is 15.6. The van der Waals surface area contributed by atoms with E-state index in [2.05, 4.69) is 15.3 Å². The van der Waals surface area contributed by atoms with E-state index in [-0.39, 0.29) is 18.4 Å². The van der Waals surface area contributed by atoms with Crippen molar-refractivity contribution in [3.63, 3.8) is 0 Å². The summed E-state index contributed by atoms with van der Waals surface area (Å²) in [5, 5.41) is 12.9. The van der Waals surface area contributed by atoms with Crippen LogP contribution in [0.5, 0.6) is 0 Å². The van der Waals surface area contributed by atoms with Crippen LogP contribution in [0.4, 0.5) is 0 Å². The molecule has 0 bridgehead atoms. The largest absolute Gasteiger partial charge is 0.338 e. The van der Waals surface area contributed by atoms with Crippen molar-refractivity contribution in [2.24, 2.45) is 0 Å². The zero-order valence-electron chi connectivity index (χ0n) is 13.9. The molecule has 1 unspecified atom stereocenters. The van der Waals surface area contributed by atoms with E-state index in [1.54, 1.807) is 17.2 Å². The summed E-state index contributed by atoms with van der Waals surface area (Å²) in [5.41, 5.74) is 1.58. The van der Waals surface area contributed by atoms with Crippen LogP contribution in [0.1, 0.15) is 18.5 Å². The van der Waals surface area contributed by atoms with Crippen LogP contribution in [0.15, 0.2) is 55.0 Å². The van der Waals surface area contributed by atoms with Crippen molar-refractivity contribution >= 4 is 5.91 Å². The molecule has 1 fully saturated rings. The molecule has 0 radical (unpaired) electrons. The third-order valence-corrected chi connectivity index (χ3v) is 4.51. The fourth-order valence-corrected chi connectivity index (χ4v) is 3.30. The third-order valence-electron chi connectivity index (χ3n) is 4.51. The molecule has 0 aliphatic carbocycles. The molecule has 1 aliphatic heterocycles. The van der Waals surface area contributed by atoms with Crippen molar-refractivity contribution in [1.82, 2.24) is 29.7 Å². The third kappa shape index (κ3) is 3.45. The molecule has 4 rings (SSSR count). The Morgan fingerprint density at radius 2 is 2.04 bits per heavy atom. The van der Waals surface area contributed by atoms with E-state index in [1.165, 1.54) is 0 Å². The first-order valence-corrected chi connectivity index (χ1v) is 8.53. The molecule has 0 saturated carbocycles. The first-order chi connectivity index (χ1) is 12.3. The second-order valence-corrected chi connectivity index (χ2v) is 6.25. The van der Waals surface area contributed by atoms with Gasteiger partial charge in [-0.2, -0.15) is 20.1 Å². The van der Waals surface area contributed by atoms with Crippen molar-refractivity contribution in [3.8, 4) is 5.69 Å². The SMILES string of the molecule is O=C(Cc1cnn(-c2ccccc2)n1)N1CCCC1Cn1cccn1. The minimum Gasteiger partial charge on any atom is -0.338 e. The number of hydrogen-bond acceptors (Lipinski definition) is 4. The van der Waals surface area contributed by atoms with Crippen LogP contribution in [0.2, 0.25) is 0 Å². The lowest BCUT2D eigenvalue weighted by atomic mass is 10.2. The molecule has 1 aliphatic rings. The van der Waals surface area contributed by atoms with Crippen LogP contribution in [0, 0.1) is 0 Å². The average molecular weight is 336 g/mol. The molecule has 128 valence electrons. The highest BCUT2D eigenvalue weighted by molar-refractivity contribution is 5.78. The average Bonchev–Trinajstić information content (AvgIpc) is 3.38. The fraction of sp³-hybridized carbons (Fsp3) is 0.333. The fourth-order valence-electron chi connectivity index (χ4n) is 3.30. The smallest absolute Gasteiger partial charge is 0.229 e. The predicted molar refractivity (Wildman–Crippen MR) is 92.0 cm³/mol. The lowest BCUT2D eigenvalue weighted by Gasteiger charge is -2.24. The second-order valence-electron chi connectivity index (χ2n) is 6.25. The van der Waals surface area contributed by atoms with Crippen LogP contribution < -0.4 is 0 Å². The normalized spacial score (nSPS) is 17.1. The highest BCUT2D eigenvalue weighted by Gasteiger charge is 2.29. The van der Waals surface area contributed by atoms with Crippen LogP contribution >= 0.6 is 0 Å². The van der Waals surface area contributed by atoms with Crippen LogP contribution in [-0.2, 0) is 17.8 Å². The number of rotatable bonds is 5. The number of carbonyl (C=O) groups is 1. The Bertz CT molecular complexity index is 826. The number of likely N-dealkylation sites (tertiary alicyclic amines) is 1. The highest BCUT2D eigenvalue weighted by Crippen LogP contribution is 2.20. The maximum Gasteiger partial charge on any atom is 0.229 e. The summed E-state index contributed by atoms with van der Waals surface area (Å²) in [6.07, 6.45) is 7.71. The van der Waals surface area contributed by atoms with Gasteiger partial charge in [0.05, 0.1) is 36.6 Å². The van der Waals surface area contributed by atoms with Gasteiger partial charge in [-0.05, 0) is 31.0 Å². The lowest BCUT2D eigenvalue weighted by Crippen LogP contribution is -2.39. The zero-order valence-corrected chi connectivity index (χ0v) is 13.9. The van der Waals surface area contributed by atoms with Crippen LogP contribution in [-0.4, -0.2) is 48.2 Å². The zero-order chi connectivity index (χ0) is 17.1. The Kier molecular flexibility index (Phi) is 4.28. The summed E-state index contributed by atoms with van der Waals surface area (Å²) in [6.45, 7) is 1.55. The van der Waals surface area contributed by atoms with Gasteiger partial charge in [-0.3, -0.25) is 9.48 Å².